The molecule has 2 aromatic rings. The van der Waals surface area contributed by atoms with Crippen molar-refractivity contribution in [2.45, 2.75) is 26.2 Å². The van der Waals surface area contributed by atoms with E-state index in [9.17, 15) is 19.5 Å². The van der Waals surface area contributed by atoms with Crippen LogP contribution in [0.1, 0.15) is 35.2 Å². The monoisotopic (exact) mass is 413 g/mol. The van der Waals surface area contributed by atoms with Crippen LogP contribution >= 0.6 is 11.3 Å². The third-order valence-corrected chi connectivity index (χ3v) is 7.15. The number of rotatable bonds is 5. The van der Waals surface area contributed by atoms with Gasteiger partial charge in [0.1, 0.15) is 10.6 Å². The van der Waals surface area contributed by atoms with Crippen LogP contribution in [0.3, 0.4) is 0 Å². The van der Waals surface area contributed by atoms with Crippen LogP contribution in [0.25, 0.3) is 11.1 Å². The lowest BCUT2D eigenvalue weighted by Crippen LogP contribution is -2.37. The minimum Gasteiger partial charge on any atom is -0.481 e. The number of carbonyl (C=O) groups is 3. The van der Waals surface area contributed by atoms with Crippen molar-refractivity contribution < 1.29 is 24.2 Å². The molecule has 7 heteroatoms. The minimum absolute atomic E-state index is 0.0690. The Bertz CT molecular complexity index is 981. The molecular weight excluding hydrogens is 390 g/mol. The third kappa shape index (κ3) is 3.44. The highest BCUT2D eigenvalue weighted by atomic mass is 32.1. The second kappa shape index (κ2) is 7.63. The number of amides is 1. The molecule has 1 aromatic heterocycles. The lowest BCUT2D eigenvalue weighted by atomic mass is 9.78. The Morgan fingerprint density at radius 2 is 1.90 bits per heavy atom. The van der Waals surface area contributed by atoms with Crippen LogP contribution in [0.2, 0.25) is 0 Å². The van der Waals surface area contributed by atoms with Crippen LogP contribution in [-0.4, -0.2) is 30.1 Å². The number of nitrogens with one attached hydrogen (secondary N) is 1. The quantitative estimate of drug-likeness (QED) is 0.717. The summed E-state index contributed by atoms with van der Waals surface area (Å²) in [4.78, 5) is 37.3. The van der Waals surface area contributed by atoms with Gasteiger partial charge >= 0.3 is 11.9 Å². The van der Waals surface area contributed by atoms with Gasteiger partial charge in [0.25, 0.3) is 0 Å². The summed E-state index contributed by atoms with van der Waals surface area (Å²) in [5.41, 5.74) is 2.93. The number of aliphatic carboxylic acids is 1. The number of fused-ring (bicyclic) bond motifs is 2. The molecule has 1 amide bonds. The van der Waals surface area contributed by atoms with Crippen LogP contribution in [0.4, 0.5) is 5.00 Å². The van der Waals surface area contributed by atoms with Crippen molar-refractivity contribution in [3.8, 4) is 11.1 Å². The van der Waals surface area contributed by atoms with Gasteiger partial charge in [-0.25, -0.2) is 4.79 Å². The van der Waals surface area contributed by atoms with Gasteiger partial charge in [-0.1, -0.05) is 29.8 Å². The molecule has 4 atom stereocenters. The van der Waals surface area contributed by atoms with Crippen LogP contribution in [0.15, 0.2) is 29.6 Å². The number of esters is 1. The van der Waals surface area contributed by atoms with E-state index in [4.69, 9.17) is 4.74 Å². The molecule has 2 aliphatic rings. The second-order valence-electron chi connectivity index (χ2n) is 7.93. The third-order valence-electron chi connectivity index (χ3n) is 6.25. The molecule has 1 heterocycles. The fourth-order valence-electron chi connectivity index (χ4n) is 5.00. The summed E-state index contributed by atoms with van der Waals surface area (Å²) in [7, 11) is 1.31. The largest absolute Gasteiger partial charge is 0.481 e. The smallest absolute Gasteiger partial charge is 0.341 e. The maximum atomic E-state index is 13.1. The predicted octanol–water partition coefficient (Wildman–Crippen LogP) is 4.20. The van der Waals surface area contributed by atoms with E-state index in [1.54, 1.807) is 0 Å². The van der Waals surface area contributed by atoms with Gasteiger partial charge in [0.05, 0.1) is 18.9 Å². The number of carboxylic acids is 1. The Balaban J connectivity index is 1.66. The lowest BCUT2D eigenvalue weighted by Gasteiger charge is -2.26. The van der Waals surface area contributed by atoms with Crippen molar-refractivity contribution >= 4 is 34.2 Å². The summed E-state index contributed by atoms with van der Waals surface area (Å²) >= 11 is 1.26. The Morgan fingerprint density at radius 1 is 1.17 bits per heavy atom. The summed E-state index contributed by atoms with van der Waals surface area (Å²) in [6.07, 6.45) is 2.54. The molecule has 2 bridgehead atoms. The Kier molecular flexibility index (Phi) is 5.17. The van der Waals surface area contributed by atoms with Gasteiger partial charge in [0.15, 0.2) is 0 Å². The molecule has 2 aliphatic carbocycles. The zero-order valence-corrected chi connectivity index (χ0v) is 17.1. The average molecular weight is 413 g/mol. The first-order chi connectivity index (χ1) is 13.9. The summed E-state index contributed by atoms with van der Waals surface area (Å²) in [5, 5.41) is 14.7. The van der Waals surface area contributed by atoms with Gasteiger partial charge < -0.3 is 15.2 Å². The summed E-state index contributed by atoms with van der Waals surface area (Å²) in [6.45, 7) is 1.97. The number of hydrogen-bond acceptors (Lipinski definition) is 5. The lowest BCUT2D eigenvalue weighted by molar-refractivity contribution is -0.148. The van der Waals surface area contributed by atoms with E-state index in [-0.39, 0.29) is 17.7 Å². The number of benzene rings is 1. The Labute approximate surface area is 172 Å². The molecule has 2 N–H and O–H groups in total. The number of aryl methyl sites for hydroxylation is 1. The highest BCUT2D eigenvalue weighted by molar-refractivity contribution is 7.15. The van der Waals surface area contributed by atoms with Crippen molar-refractivity contribution in [1.29, 1.82) is 0 Å². The van der Waals surface area contributed by atoms with Crippen molar-refractivity contribution in [2.24, 2.45) is 23.7 Å². The molecule has 2 fully saturated rings. The maximum absolute atomic E-state index is 13.1. The fraction of sp³-hybridized carbons (Fsp3) is 0.409. The number of carbonyl (C=O) groups excluding carboxylic acids is 2. The van der Waals surface area contributed by atoms with Crippen LogP contribution in [0.5, 0.6) is 0 Å². The van der Waals surface area contributed by atoms with E-state index in [1.807, 2.05) is 36.6 Å². The van der Waals surface area contributed by atoms with Crippen molar-refractivity contribution in [3.63, 3.8) is 0 Å². The summed E-state index contributed by atoms with van der Waals surface area (Å²) < 4.78 is 4.97. The number of ether oxygens (including phenoxy) is 1. The first-order valence-electron chi connectivity index (χ1n) is 9.71. The first-order valence-corrected chi connectivity index (χ1v) is 10.6. The standard InChI is InChI=1S/C22H23NO5S/c1-11-4-3-5-12(8-11)15-10-29-20(18(15)22(27)28-2)23-19(24)16-13-6-7-14(9-13)17(16)21(25)26/h3-5,8,10,13-14,16-17H,6-7,9H2,1-2H3,(H,23,24)(H,25,26). The van der Waals surface area contributed by atoms with Gasteiger partial charge in [-0.2, -0.15) is 0 Å². The average Bonchev–Trinajstić information content (AvgIpc) is 3.41. The number of hydrogen-bond donors (Lipinski definition) is 2. The molecule has 0 radical (unpaired) electrons. The maximum Gasteiger partial charge on any atom is 0.341 e. The number of methoxy groups -OCH3 is 1. The Morgan fingerprint density at radius 3 is 2.55 bits per heavy atom. The van der Waals surface area contributed by atoms with Crippen LogP contribution in [0, 0.1) is 30.6 Å². The zero-order chi connectivity index (χ0) is 20.7. The van der Waals surface area contributed by atoms with Gasteiger partial charge in [0, 0.05) is 10.9 Å². The molecule has 1 aromatic carbocycles. The molecule has 4 rings (SSSR count). The number of carboxylic acid groups (broad SMARTS) is 1. The molecule has 29 heavy (non-hydrogen) atoms. The SMILES string of the molecule is COC(=O)c1c(-c2cccc(C)c2)csc1NC(=O)C1C2CCC(C2)C1C(=O)O. The number of thiophene rings is 1. The predicted molar refractivity (Wildman–Crippen MR) is 110 cm³/mol. The van der Waals surface area contributed by atoms with Crippen LogP contribution < -0.4 is 5.32 Å². The summed E-state index contributed by atoms with van der Waals surface area (Å²) in [6, 6.07) is 7.76. The van der Waals surface area contributed by atoms with E-state index >= 15 is 0 Å². The second-order valence-corrected chi connectivity index (χ2v) is 8.81. The van der Waals surface area contributed by atoms with E-state index in [1.165, 1.54) is 18.4 Å². The topological polar surface area (TPSA) is 92.7 Å². The highest BCUT2D eigenvalue weighted by Crippen LogP contribution is 2.53. The van der Waals surface area contributed by atoms with Crippen molar-refractivity contribution in [2.75, 3.05) is 12.4 Å². The molecule has 2 saturated carbocycles. The van der Waals surface area contributed by atoms with Crippen molar-refractivity contribution in [1.82, 2.24) is 0 Å². The molecule has 6 nitrogen and oxygen atoms in total. The summed E-state index contributed by atoms with van der Waals surface area (Å²) in [5.74, 6) is -2.78. The van der Waals surface area contributed by atoms with Gasteiger partial charge in [-0.15, -0.1) is 11.3 Å². The highest BCUT2D eigenvalue weighted by Gasteiger charge is 2.54. The Hall–Kier alpha value is -2.67. The van der Waals surface area contributed by atoms with Gasteiger partial charge in [-0.3, -0.25) is 9.59 Å². The molecule has 0 saturated heterocycles. The minimum atomic E-state index is -0.905. The van der Waals surface area contributed by atoms with E-state index in [0.29, 0.717) is 16.1 Å². The van der Waals surface area contributed by atoms with E-state index < -0.39 is 23.8 Å². The normalized spacial score (nSPS) is 25.0. The van der Waals surface area contributed by atoms with Gasteiger partial charge in [-0.05, 0) is 43.6 Å². The molecule has 0 spiro atoms. The van der Waals surface area contributed by atoms with Crippen molar-refractivity contribution in [3.05, 3.63) is 40.8 Å². The first kappa shape index (κ1) is 19.6. The molecule has 152 valence electrons. The van der Waals surface area contributed by atoms with Gasteiger partial charge in [0.2, 0.25) is 5.91 Å². The number of anilines is 1. The fourth-order valence-corrected chi connectivity index (χ4v) is 5.96. The van der Waals surface area contributed by atoms with E-state index in [2.05, 4.69) is 5.32 Å². The zero-order valence-electron chi connectivity index (χ0n) is 16.3. The van der Waals surface area contributed by atoms with Crippen LogP contribution in [-0.2, 0) is 14.3 Å². The molecule has 0 aliphatic heterocycles. The molecular formula is C22H23NO5S. The van der Waals surface area contributed by atoms with E-state index in [0.717, 1.165) is 30.4 Å². The molecule has 4 unspecified atom stereocenters.